The largest absolute Gasteiger partial charge is 0.416 e. The summed E-state index contributed by atoms with van der Waals surface area (Å²) in [5.74, 6) is -0.249. The molecule has 0 radical (unpaired) electrons. The highest BCUT2D eigenvalue weighted by atomic mass is 19.4. The first-order chi connectivity index (χ1) is 14.3. The van der Waals surface area contributed by atoms with Crippen molar-refractivity contribution in [2.45, 2.75) is 19.1 Å². The molecule has 1 aliphatic heterocycles. The summed E-state index contributed by atoms with van der Waals surface area (Å²) in [6, 6.07) is 12.7. The first kappa shape index (κ1) is 22.1. The van der Waals surface area contributed by atoms with Gasteiger partial charge in [-0.05, 0) is 36.3 Å². The van der Waals surface area contributed by atoms with Gasteiger partial charge in [0.15, 0.2) is 0 Å². The number of halogens is 3. The molecule has 7 heteroatoms. The molecule has 0 spiro atoms. The van der Waals surface area contributed by atoms with Gasteiger partial charge in [-0.3, -0.25) is 9.69 Å². The van der Waals surface area contributed by atoms with Gasteiger partial charge in [0, 0.05) is 25.7 Å². The number of hydrogen-bond acceptors (Lipinski definition) is 3. The topological polar surface area (TPSA) is 41.6 Å². The Morgan fingerprint density at radius 2 is 1.73 bits per heavy atom. The van der Waals surface area contributed by atoms with Crippen LogP contribution in [0.25, 0.3) is 6.08 Å². The van der Waals surface area contributed by atoms with Crippen LogP contribution >= 0.6 is 0 Å². The summed E-state index contributed by atoms with van der Waals surface area (Å²) in [4.78, 5) is 14.4. The monoisotopic (exact) mass is 418 g/mol. The molecule has 1 amide bonds. The number of carbonyl (C=O) groups is 1. The maximum absolute atomic E-state index is 12.9. The van der Waals surface area contributed by atoms with Crippen molar-refractivity contribution in [2.24, 2.45) is 0 Å². The molecule has 1 saturated heterocycles. The third-order valence-electron chi connectivity index (χ3n) is 5.08. The average molecular weight is 418 g/mol. The van der Waals surface area contributed by atoms with Crippen molar-refractivity contribution in [3.05, 3.63) is 76.9 Å². The Morgan fingerprint density at radius 3 is 2.33 bits per heavy atom. The molecule has 0 aliphatic carbocycles. The van der Waals surface area contributed by atoms with Crippen LogP contribution in [0.2, 0.25) is 0 Å². The summed E-state index contributed by atoms with van der Waals surface area (Å²) in [7, 11) is 0. The maximum atomic E-state index is 12.9. The number of alkyl halides is 3. The fourth-order valence-electron chi connectivity index (χ4n) is 3.35. The SMILES string of the molecule is Cc1ccc(/C=C/C(=O)NCC(c2ccc(C(F)(F)F)cc2)N2CCOCC2)cc1. The average Bonchev–Trinajstić information content (AvgIpc) is 2.74. The Labute approximate surface area is 174 Å². The Kier molecular flexibility index (Phi) is 7.29. The minimum absolute atomic E-state index is 0.229. The van der Waals surface area contributed by atoms with Crippen LogP contribution in [0.15, 0.2) is 54.6 Å². The first-order valence-corrected chi connectivity index (χ1v) is 9.84. The lowest BCUT2D eigenvalue weighted by Gasteiger charge is -2.35. The van der Waals surface area contributed by atoms with Crippen LogP contribution in [0.1, 0.15) is 28.3 Å². The lowest BCUT2D eigenvalue weighted by Crippen LogP contribution is -2.43. The third kappa shape index (κ3) is 6.18. The lowest BCUT2D eigenvalue weighted by atomic mass is 10.0. The van der Waals surface area contributed by atoms with E-state index in [4.69, 9.17) is 4.74 Å². The van der Waals surface area contributed by atoms with E-state index >= 15 is 0 Å². The summed E-state index contributed by atoms with van der Waals surface area (Å²) < 4.78 is 44.0. The summed E-state index contributed by atoms with van der Waals surface area (Å²) in [5, 5.41) is 2.87. The van der Waals surface area contributed by atoms with Gasteiger partial charge < -0.3 is 10.1 Å². The fourth-order valence-corrected chi connectivity index (χ4v) is 3.35. The van der Waals surface area contributed by atoms with Gasteiger partial charge in [0.1, 0.15) is 0 Å². The zero-order valence-electron chi connectivity index (χ0n) is 16.8. The Hall–Kier alpha value is -2.64. The molecule has 30 heavy (non-hydrogen) atoms. The minimum atomic E-state index is -4.37. The van der Waals surface area contributed by atoms with Crippen molar-refractivity contribution in [3.63, 3.8) is 0 Å². The number of hydrogen-bond donors (Lipinski definition) is 1. The predicted octanol–water partition coefficient (Wildman–Crippen LogP) is 4.22. The first-order valence-electron chi connectivity index (χ1n) is 9.84. The van der Waals surface area contributed by atoms with Gasteiger partial charge in [0.25, 0.3) is 0 Å². The van der Waals surface area contributed by atoms with Crippen LogP contribution in [-0.2, 0) is 15.7 Å². The van der Waals surface area contributed by atoms with Crippen molar-refractivity contribution in [1.29, 1.82) is 0 Å². The van der Waals surface area contributed by atoms with E-state index in [9.17, 15) is 18.0 Å². The van der Waals surface area contributed by atoms with Gasteiger partial charge in [-0.2, -0.15) is 13.2 Å². The van der Waals surface area contributed by atoms with Gasteiger partial charge in [0.2, 0.25) is 5.91 Å². The molecule has 4 nitrogen and oxygen atoms in total. The highest BCUT2D eigenvalue weighted by Gasteiger charge is 2.31. The molecule has 0 saturated carbocycles. The van der Waals surface area contributed by atoms with Crippen LogP contribution in [-0.4, -0.2) is 43.7 Å². The number of aryl methyl sites for hydroxylation is 1. The molecule has 1 atom stereocenters. The molecule has 1 aliphatic rings. The van der Waals surface area contributed by atoms with E-state index in [-0.39, 0.29) is 11.9 Å². The maximum Gasteiger partial charge on any atom is 0.416 e. The zero-order valence-corrected chi connectivity index (χ0v) is 16.8. The van der Waals surface area contributed by atoms with Crippen LogP contribution in [0.3, 0.4) is 0 Å². The van der Waals surface area contributed by atoms with Crippen LogP contribution < -0.4 is 5.32 Å². The second kappa shape index (κ2) is 9.91. The standard InChI is InChI=1S/C23H25F3N2O2/c1-17-2-4-18(5-3-17)6-11-22(29)27-16-21(28-12-14-30-15-13-28)19-7-9-20(10-8-19)23(24,25)26/h2-11,21H,12-16H2,1H3,(H,27,29)/b11-6+. The molecular formula is C23H25F3N2O2. The molecule has 1 heterocycles. The van der Waals surface area contributed by atoms with E-state index in [1.54, 1.807) is 6.08 Å². The summed E-state index contributed by atoms with van der Waals surface area (Å²) >= 11 is 0. The number of morpholine rings is 1. The molecular weight excluding hydrogens is 393 g/mol. The Morgan fingerprint density at radius 1 is 1.10 bits per heavy atom. The molecule has 160 valence electrons. The van der Waals surface area contributed by atoms with Crippen molar-refractivity contribution < 1.29 is 22.7 Å². The molecule has 2 aromatic rings. The molecule has 2 aromatic carbocycles. The van der Waals surface area contributed by atoms with E-state index in [1.807, 2.05) is 31.2 Å². The van der Waals surface area contributed by atoms with Gasteiger partial charge in [-0.25, -0.2) is 0 Å². The van der Waals surface area contributed by atoms with Gasteiger partial charge in [0.05, 0.1) is 24.8 Å². The highest BCUT2D eigenvalue weighted by Crippen LogP contribution is 2.31. The number of rotatable bonds is 6. The van der Waals surface area contributed by atoms with Crippen LogP contribution in [0.4, 0.5) is 13.2 Å². The molecule has 1 unspecified atom stereocenters. The molecule has 0 bridgehead atoms. The Bertz CT molecular complexity index is 856. The molecule has 3 rings (SSSR count). The predicted molar refractivity (Wildman–Crippen MR) is 110 cm³/mol. The van der Waals surface area contributed by atoms with E-state index in [1.165, 1.54) is 18.2 Å². The van der Waals surface area contributed by atoms with E-state index in [2.05, 4.69) is 10.2 Å². The summed E-state index contributed by atoms with van der Waals surface area (Å²) in [6.07, 6.45) is -1.17. The molecule has 0 aromatic heterocycles. The van der Waals surface area contributed by atoms with Crippen molar-refractivity contribution in [1.82, 2.24) is 10.2 Å². The van der Waals surface area contributed by atoms with E-state index in [0.717, 1.165) is 28.8 Å². The van der Waals surface area contributed by atoms with Crippen molar-refractivity contribution in [3.8, 4) is 0 Å². The van der Waals surface area contributed by atoms with E-state index in [0.29, 0.717) is 32.8 Å². The number of benzene rings is 2. The van der Waals surface area contributed by atoms with Crippen LogP contribution in [0.5, 0.6) is 0 Å². The third-order valence-corrected chi connectivity index (χ3v) is 5.08. The van der Waals surface area contributed by atoms with Crippen LogP contribution in [0, 0.1) is 6.92 Å². The second-order valence-electron chi connectivity index (χ2n) is 7.27. The van der Waals surface area contributed by atoms with Crippen molar-refractivity contribution in [2.75, 3.05) is 32.8 Å². The Balaban J connectivity index is 1.68. The van der Waals surface area contributed by atoms with Gasteiger partial charge in [-0.1, -0.05) is 42.0 Å². The van der Waals surface area contributed by atoms with Gasteiger partial charge >= 0.3 is 6.18 Å². The summed E-state index contributed by atoms with van der Waals surface area (Å²) in [5.41, 5.74) is 2.11. The summed E-state index contributed by atoms with van der Waals surface area (Å²) in [6.45, 7) is 4.70. The van der Waals surface area contributed by atoms with Gasteiger partial charge in [-0.15, -0.1) is 0 Å². The highest BCUT2D eigenvalue weighted by molar-refractivity contribution is 5.91. The number of carbonyl (C=O) groups excluding carboxylic acids is 1. The fraction of sp³-hybridized carbons (Fsp3) is 0.348. The second-order valence-corrected chi connectivity index (χ2v) is 7.27. The lowest BCUT2D eigenvalue weighted by molar-refractivity contribution is -0.137. The van der Waals surface area contributed by atoms with E-state index < -0.39 is 11.7 Å². The zero-order chi connectivity index (χ0) is 21.6. The number of ether oxygens (including phenoxy) is 1. The number of amides is 1. The number of nitrogens with zero attached hydrogens (tertiary/aromatic N) is 1. The number of nitrogens with one attached hydrogen (secondary N) is 1. The van der Waals surface area contributed by atoms with Crippen molar-refractivity contribution >= 4 is 12.0 Å². The molecule has 1 fully saturated rings. The normalized spacial score (nSPS) is 16.5. The quantitative estimate of drug-likeness (QED) is 0.715. The molecule has 1 N–H and O–H groups in total. The minimum Gasteiger partial charge on any atom is -0.379 e. The smallest absolute Gasteiger partial charge is 0.379 e.